The van der Waals surface area contributed by atoms with Crippen LogP contribution in [0.4, 0.5) is 0 Å². The van der Waals surface area contributed by atoms with Gasteiger partial charge in [0.15, 0.2) is 0 Å². The van der Waals surface area contributed by atoms with Gasteiger partial charge in [-0.1, -0.05) is 12.8 Å². The zero-order chi connectivity index (χ0) is 19.4. The summed E-state index contributed by atoms with van der Waals surface area (Å²) in [6, 6.07) is 3.58. The molecule has 0 aliphatic rings. The van der Waals surface area contributed by atoms with Gasteiger partial charge >= 0.3 is 5.63 Å². The van der Waals surface area contributed by atoms with Crippen molar-refractivity contribution in [1.82, 2.24) is 0 Å². The van der Waals surface area contributed by atoms with Crippen LogP contribution in [0.1, 0.15) is 48.1 Å². The minimum atomic E-state index is -0.334. The van der Waals surface area contributed by atoms with Gasteiger partial charge in [0.25, 0.3) is 0 Å². The lowest BCUT2D eigenvalue weighted by molar-refractivity contribution is 0.115. The van der Waals surface area contributed by atoms with Gasteiger partial charge in [0.2, 0.25) is 0 Å². The molecule has 2 heterocycles. The van der Waals surface area contributed by atoms with Gasteiger partial charge in [-0.2, -0.15) is 0 Å². The van der Waals surface area contributed by atoms with Gasteiger partial charge < -0.3 is 18.3 Å². The zero-order valence-electron chi connectivity index (χ0n) is 16.6. The maximum absolute atomic E-state index is 11.7. The van der Waals surface area contributed by atoms with Crippen molar-refractivity contribution in [3.8, 4) is 0 Å². The Kier molecular flexibility index (Phi) is 6.34. The predicted molar refractivity (Wildman–Crippen MR) is 106 cm³/mol. The Morgan fingerprint density at radius 1 is 0.889 bits per heavy atom. The van der Waals surface area contributed by atoms with Crippen molar-refractivity contribution < 1.29 is 18.3 Å². The number of furan rings is 1. The molecule has 3 aromatic rings. The van der Waals surface area contributed by atoms with Crippen molar-refractivity contribution in [2.75, 3.05) is 20.3 Å². The monoisotopic (exact) mass is 372 g/mol. The first kappa shape index (κ1) is 19.6. The average Bonchev–Trinajstić information content (AvgIpc) is 2.94. The minimum absolute atomic E-state index is 0.334. The Labute approximate surface area is 159 Å². The molecule has 2 aromatic heterocycles. The fraction of sp³-hybridized carbons (Fsp3) is 0.500. The van der Waals surface area contributed by atoms with E-state index in [9.17, 15) is 4.79 Å². The van der Waals surface area contributed by atoms with Gasteiger partial charge in [0.05, 0.1) is 6.61 Å². The van der Waals surface area contributed by atoms with Gasteiger partial charge in [-0.3, -0.25) is 0 Å². The normalized spacial score (nSPS) is 11.7. The molecule has 0 bridgehead atoms. The summed E-state index contributed by atoms with van der Waals surface area (Å²) in [7, 11) is 1.74. The van der Waals surface area contributed by atoms with Crippen LogP contribution in [0.15, 0.2) is 25.8 Å². The molecule has 27 heavy (non-hydrogen) atoms. The molecule has 0 spiro atoms. The van der Waals surface area contributed by atoms with E-state index in [-0.39, 0.29) is 5.63 Å². The Balaban J connectivity index is 1.76. The third-order valence-electron chi connectivity index (χ3n) is 5.06. The van der Waals surface area contributed by atoms with E-state index in [4.69, 9.17) is 18.3 Å². The third kappa shape index (κ3) is 4.25. The topological polar surface area (TPSA) is 61.8 Å². The van der Waals surface area contributed by atoms with Crippen molar-refractivity contribution in [1.29, 1.82) is 0 Å². The van der Waals surface area contributed by atoms with E-state index in [0.717, 1.165) is 71.3 Å². The Morgan fingerprint density at radius 2 is 1.59 bits per heavy atom. The number of methoxy groups -OCH3 is 1. The van der Waals surface area contributed by atoms with Gasteiger partial charge in [-0.05, 0) is 45.2 Å². The first-order valence-corrected chi connectivity index (χ1v) is 9.55. The molecule has 0 saturated carbocycles. The number of rotatable bonds is 9. The molecular formula is C22H28O5. The molecule has 5 heteroatoms. The van der Waals surface area contributed by atoms with Gasteiger partial charge in [-0.25, -0.2) is 4.79 Å². The van der Waals surface area contributed by atoms with Crippen molar-refractivity contribution in [2.45, 2.75) is 53.1 Å². The lowest BCUT2D eigenvalue weighted by Crippen LogP contribution is -1.99. The average molecular weight is 372 g/mol. The molecule has 0 N–H and O–H groups in total. The van der Waals surface area contributed by atoms with E-state index < -0.39 is 0 Å². The Hall–Kier alpha value is -2.11. The highest BCUT2D eigenvalue weighted by Crippen LogP contribution is 2.34. The zero-order valence-corrected chi connectivity index (χ0v) is 16.6. The molecule has 0 amide bonds. The highest BCUT2D eigenvalue weighted by Gasteiger charge is 2.17. The molecule has 0 fully saturated rings. The number of aryl methyl sites for hydroxylation is 3. The maximum Gasteiger partial charge on any atom is 0.336 e. The number of benzene rings is 1. The number of ether oxygens (including phenoxy) is 2. The first-order valence-electron chi connectivity index (χ1n) is 9.55. The first-order chi connectivity index (χ1) is 13.0. The second-order valence-corrected chi connectivity index (χ2v) is 7.10. The number of hydrogen-bond donors (Lipinski definition) is 0. The summed E-state index contributed by atoms with van der Waals surface area (Å²) in [6.07, 6.45) is 4.46. The van der Waals surface area contributed by atoms with Crippen LogP contribution in [-0.4, -0.2) is 20.3 Å². The molecule has 0 aliphatic carbocycles. The van der Waals surface area contributed by atoms with Gasteiger partial charge in [-0.15, -0.1) is 0 Å². The summed E-state index contributed by atoms with van der Waals surface area (Å²) < 4.78 is 22.4. The quantitative estimate of drug-likeness (QED) is 0.382. The largest absolute Gasteiger partial charge is 0.461 e. The van der Waals surface area contributed by atoms with Crippen LogP contribution in [0, 0.1) is 20.8 Å². The molecule has 0 saturated heterocycles. The summed E-state index contributed by atoms with van der Waals surface area (Å²) in [5.41, 5.74) is 3.88. The Bertz CT molecular complexity index is 980. The maximum atomic E-state index is 11.7. The Morgan fingerprint density at radius 3 is 2.33 bits per heavy atom. The lowest BCUT2D eigenvalue weighted by Gasteiger charge is -2.06. The van der Waals surface area contributed by atoms with Crippen LogP contribution < -0.4 is 5.63 Å². The van der Waals surface area contributed by atoms with Crippen molar-refractivity contribution in [3.05, 3.63) is 45.0 Å². The van der Waals surface area contributed by atoms with E-state index in [1.807, 2.05) is 20.8 Å². The molecule has 1 aromatic carbocycles. The molecular weight excluding hydrogens is 344 g/mol. The number of fused-ring (bicyclic) bond motifs is 2. The van der Waals surface area contributed by atoms with E-state index in [0.29, 0.717) is 12.2 Å². The minimum Gasteiger partial charge on any atom is -0.461 e. The summed E-state index contributed by atoms with van der Waals surface area (Å²) in [6.45, 7) is 7.90. The predicted octanol–water partition coefficient (Wildman–Crippen LogP) is 5.19. The van der Waals surface area contributed by atoms with E-state index in [1.54, 1.807) is 7.11 Å². The fourth-order valence-electron chi connectivity index (χ4n) is 3.51. The molecule has 5 nitrogen and oxygen atoms in total. The molecule has 0 radical (unpaired) electrons. The molecule has 146 valence electrons. The van der Waals surface area contributed by atoms with E-state index >= 15 is 0 Å². The standard InChI is InChI=1S/C22H28O5/c1-14-11-20(23)27-21-15(2)22-18(12-17(14)21)19(16(3)26-22)13-25-10-8-6-5-7-9-24-4/h11-12H,5-10,13H2,1-4H3. The van der Waals surface area contributed by atoms with Crippen molar-refractivity contribution in [2.24, 2.45) is 0 Å². The van der Waals surface area contributed by atoms with Crippen LogP contribution in [0.2, 0.25) is 0 Å². The summed E-state index contributed by atoms with van der Waals surface area (Å²) in [5, 5.41) is 1.98. The van der Waals surface area contributed by atoms with Crippen molar-refractivity contribution >= 4 is 21.9 Å². The van der Waals surface area contributed by atoms with Crippen LogP contribution in [0.3, 0.4) is 0 Å². The van der Waals surface area contributed by atoms with Crippen LogP contribution >= 0.6 is 0 Å². The summed E-state index contributed by atoms with van der Waals surface area (Å²) in [5.74, 6) is 0.850. The van der Waals surface area contributed by atoms with Gasteiger partial charge in [0.1, 0.15) is 16.9 Å². The van der Waals surface area contributed by atoms with Crippen molar-refractivity contribution in [3.63, 3.8) is 0 Å². The highest BCUT2D eigenvalue weighted by molar-refractivity contribution is 5.99. The number of hydrogen-bond acceptors (Lipinski definition) is 5. The number of unbranched alkanes of at least 4 members (excludes halogenated alkanes) is 3. The highest BCUT2D eigenvalue weighted by atomic mass is 16.5. The van der Waals surface area contributed by atoms with E-state index in [1.165, 1.54) is 12.5 Å². The summed E-state index contributed by atoms with van der Waals surface area (Å²) in [4.78, 5) is 11.7. The molecule has 0 aliphatic heterocycles. The van der Waals surface area contributed by atoms with E-state index in [2.05, 4.69) is 6.07 Å². The van der Waals surface area contributed by atoms with Crippen LogP contribution in [0.5, 0.6) is 0 Å². The fourth-order valence-corrected chi connectivity index (χ4v) is 3.51. The SMILES string of the molecule is COCCCCCCOCc1c(C)oc2c(C)c3oc(=O)cc(C)c3cc12. The third-order valence-corrected chi connectivity index (χ3v) is 5.06. The van der Waals surface area contributed by atoms with Gasteiger partial charge in [0, 0.05) is 48.3 Å². The smallest absolute Gasteiger partial charge is 0.336 e. The van der Waals surface area contributed by atoms with Crippen LogP contribution in [-0.2, 0) is 16.1 Å². The second kappa shape index (κ2) is 8.72. The van der Waals surface area contributed by atoms with Crippen LogP contribution in [0.25, 0.3) is 21.9 Å². The summed E-state index contributed by atoms with van der Waals surface area (Å²) >= 11 is 0. The molecule has 3 rings (SSSR count). The molecule has 0 unspecified atom stereocenters. The lowest BCUT2D eigenvalue weighted by atomic mass is 10.0. The molecule has 0 atom stereocenters. The second-order valence-electron chi connectivity index (χ2n) is 7.10.